The number of nitrogens with zero attached hydrogens (tertiary/aromatic N) is 3. The van der Waals surface area contributed by atoms with Crippen molar-refractivity contribution in [3.8, 4) is 0 Å². The Morgan fingerprint density at radius 2 is 2.16 bits per heavy atom. The quantitative estimate of drug-likeness (QED) is 0.896. The van der Waals surface area contributed by atoms with Crippen LogP contribution in [0.5, 0.6) is 0 Å². The number of halogens is 1. The smallest absolute Gasteiger partial charge is 0.138 e. The predicted octanol–water partition coefficient (Wildman–Crippen LogP) is 1.94. The fourth-order valence-corrected chi connectivity index (χ4v) is 2.23. The van der Waals surface area contributed by atoms with E-state index in [0.29, 0.717) is 12.8 Å². The molecule has 102 valence electrons. The Labute approximate surface area is 112 Å². The van der Waals surface area contributed by atoms with Crippen LogP contribution in [0, 0.1) is 5.82 Å². The fourth-order valence-electron chi connectivity index (χ4n) is 2.23. The Kier molecular flexibility index (Phi) is 3.95. The zero-order valence-electron chi connectivity index (χ0n) is 11.3. The Morgan fingerprint density at radius 1 is 1.37 bits per heavy atom. The topological polar surface area (TPSA) is 56.7 Å². The molecule has 19 heavy (non-hydrogen) atoms. The Morgan fingerprint density at radius 3 is 2.84 bits per heavy atom. The highest BCUT2D eigenvalue weighted by Crippen LogP contribution is 2.16. The van der Waals surface area contributed by atoms with Crippen LogP contribution in [-0.2, 0) is 19.4 Å². The largest absolute Gasteiger partial charge is 0.325 e. The second-order valence-electron chi connectivity index (χ2n) is 5.13. The van der Waals surface area contributed by atoms with Crippen LogP contribution >= 0.6 is 0 Å². The summed E-state index contributed by atoms with van der Waals surface area (Å²) in [5.74, 6) is 0.633. The first-order valence-electron chi connectivity index (χ1n) is 6.40. The molecule has 5 heteroatoms. The molecule has 0 radical (unpaired) electrons. The lowest BCUT2D eigenvalue weighted by molar-refractivity contribution is 0.435. The van der Waals surface area contributed by atoms with Crippen molar-refractivity contribution in [2.45, 2.75) is 38.8 Å². The SMILES string of the molecule is CCn1ncnc1CC(C)(N)Cc1cccc(F)c1. The minimum absolute atomic E-state index is 0.231. The minimum Gasteiger partial charge on any atom is -0.325 e. The van der Waals surface area contributed by atoms with E-state index in [0.717, 1.165) is 17.9 Å². The summed E-state index contributed by atoms with van der Waals surface area (Å²) in [6.07, 6.45) is 2.75. The summed E-state index contributed by atoms with van der Waals surface area (Å²) in [6, 6.07) is 6.55. The average molecular weight is 262 g/mol. The van der Waals surface area contributed by atoms with Crippen LogP contribution in [0.4, 0.5) is 4.39 Å². The highest BCUT2D eigenvalue weighted by molar-refractivity contribution is 5.19. The molecular weight excluding hydrogens is 243 g/mol. The van der Waals surface area contributed by atoms with Crippen molar-refractivity contribution in [2.24, 2.45) is 5.73 Å². The zero-order valence-corrected chi connectivity index (χ0v) is 11.3. The van der Waals surface area contributed by atoms with E-state index in [1.807, 2.05) is 24.6 Å². The lowest BCUT2D eigenvalue weighted by Gasteiger charge is -2.24. The van der Waals surface area contributed by atoms with Crippen molar-refractivity contribution in [1.82, 2.24) is 14.8 Å². The van der Waals surface area contributed by atoms with Gasteiger partial charge in [0.15, 0.2) is 0 Å². The number of hydrogen-bond acceptors (Lipinski definition) is 3. The maximum atomic E-state index is 13.2. The van der Waals surface area contributed by atoms with Crippen molar-refractivity contribution in [3.63, 3.8) is 0 Å². The van der Waals surface area contributed by atoms with E-state index in [4.69, 9.17) is 5.73 Å². The van der Waals surface area contributed by atoms with Gasteiger partial charge in [-0.25, -0.2) is 9.37 Å². The van der Waals surface area contributed by atoms with Gasteiger partial charge in [-0.05, 0) is 38.0 Å². The van der Waals surface area contributed by atoms with Crippen LogP contribution in [0.2, 0.25) is 0 Å². The van der Waals surface area contributed by atoms with Crippen molar-refractivity contribution in [3.05, 3.63) is 47.8 Å². The van der Waals surface area contributed by atoms with E-state index >= 15 is 0 Å². The molecule has 0 amide bonds. The fraction of sp³-hybridized carbons (Fsp3) is 0.429. The summed E-state index contributed by atoms with van der Waals surface area (Å²) in [6.45, 7) is 4.73. The molecule has 1 heterocycles. The number of rotatable bonds is 5. The molecule has 2 N–H and O–H groups in total. The van der Waals surface area contributed by atoms with Crippen molar-refractivity contribution in [1.29, 1.82) is 0 Å². The maximum absolute atomic E-state index is 13.2. The monoisotopic (exact) mass is 262 g/mol. The highest BCUT2D eigenvalue weighted by atomic mass is 19.1. The molecule has 0 aliphatic rings. The molecule has 1 aromatic heterocycles. The van der Waals surface area contributed by atoms with Gasteiger partial charge in [-0.3, -0.25) is 4.68 Å². The van der Waals surface area contributed by atoms with Gasteiger partial charge < -0.3 is 5.73 Å². The second-order valence-corrected chi connectivity index (χ2v) is 5.13. The van der Waals surface area contributed by atoms with Gasteiger partial charge in [0.1, 0.15) is 18.0 Å². The first-order chi connectivity index (χ1) is 9.00. The summed E-state index contributed by atoms with van der Waals surface area (Å²) >= 11 is 0. The lowest BCUT2D eigenvalue weighted by atomic mass is 9.90. The maximum Gasteiger partial charge on any atom is 0.138 e. The first-order valence-corrected chi connectivity index (χ1v) is 6.40. The molecule has 1 atom stereocenters. The van der Waals surface area contributed by atoms with Crippen LogP contribution in [0.3, 0.4) is 0 Å². The van der Waals surface area contributed by atoms with Crippen molar-refractivity contribution < 1.29 is 4.39 Å². The molecule has 0 saturated heterocycles. The molecule has 0 saturated carbocycles. The minimum atomic E-state index is -0.478. The second kappa shape index (κ2) is 5.48. The molecule has 0 aliphatic heterocycles. The van der Waals surface area contributed by atoms with Gasteiger partial charge >= 0.3 is 0 Å². The van der Waals surface area contributed by atoms with Crippen molar-refractivity contribution >= 4 is 0 Å². The molecule has 4 nitrogen and oxygen atoms in total. The van der Waals surface area contributed by atoms with E-state index < -0.39 is 5.54 Å². The van der Waals surface area contributed by atoms with Crippen LogP contribution in [0.25, 0.3) is 0 Å². The number of hydrogen-bond donors (Lipinski definition) is 1. The van der Waals surface area contributed by atoms with Crippen LogP contribution < -0.4 is 5.73 Å². The summed E-state index contributed by atoms with van der Waals surface area (Å²) in [4.78, 5) is 4.23. The number of nitrogens with two attached hydrogens (primary N) is 1. The predicted molar refractivity (Wildman–Crippen MR) is 72.1 cm³/mol. The van der Waals surface area contributed by atoms with Gasteiger partial charge in [0.05, 0.1) is 0 Å². The summed E-state index contributed by atoms with van der Waals surface area (Å²) in [5.41, 5.74) is 6.73. The van der Waals surface area contributed by atoms with Crippen LogP contribution in [0.15, 0.2) is 30.6 Å². The van der Waals surface area contributed by atoms with Crippen molar-refractivity contribution in [2.75, 3.05) is 0 Å². The Hall–Kier alpha value is -1.75. The summed E-state index contributed by atoms with van der Waals surface area (Å²) in [7, 11) is 0. The summed E-state index contributed by atoms with van der Waals surface area (Å²) in [5, 5.41) is 4.13. The standard InChI is InChI=1S/C14H19FN4/c1-3-19-13(17-10-18-19)9-14(2,16)8-11-5-4-6-12(15)7-11/h4-7,10H,3,8-9,16H2,1-2H3. The lowest BCUT2D eigenvalue weighted by Crippen LogP contribution is -2.41. The zero-order chi connectivity index (χ0) is 13.9. The molecule has 0 spiro atoms. The number of aryl methyl sites for hydroxylation is 1. The van der Waals surface area contributed by atoms with E-state index in [9.17, 15) is 4.39 Å². The normalized spacial score (nSPS) is 14.3. The van der Waals surface area contributed by atoms with Gasteiger partial charge in [-0.15, -0.1) is 0 Å². The third-order valence-electron chi connectivity index (χ3n) is 3.05. The molecular formula is C14H19FN4. The van der Waals surface area contributed by atoms with E-state index in [1.54, 1.807) is 6.07 Å². The third kappa shape index (κ3) is 3.61. The van der Waals surface area contributed by atoms with Crippen LogP contribution in [0.1, 0.15) is 25.2 Å². The summed E-state index contributed by atoms with van der Waals surface area (Å²) < 4.78 is 15.0. The van der Waals surface area contributed by atoms with Gasteiger partial charge in [0.25, 0.3) is 0 Å². The van der Waals surface area contributed by atoms with Crippen LogP contribution in [-0.4, -0.2) is 20.3 Å². The van der Waals surface area contributed by atoms with Gasteiger partial charge in [0.2, 0.25) is 0 Å². The molecule has 0 bridgehead atoms. The van der Waals surface area contributed by atoms with Gasteiger partial charge in [0, 0.05) is 18.5 Å². The third-order valence-corrected chi connectivity index (χ3v) is 3.05. The average Bonchev–Trinajstić information content (AvgIpc) is 2.74. The molecule has 2 rings (SSSR count). The van der Waals surface area contributed by atoms with Gasteiger partial charge in [-0.1, -0.05) is 12.1 Å². The molecule has 1 unspecified atom stereocenters. The van der Waals surface area contributed by atoms with Gasteiger partial charge in [-0.2, -0.15) is 5.10 Å². The number of benzene rings is 1. The van der Waals surface area contributed by atoms with E-state index in [1.165, 1.54) is 18.5 Å². The number of aromatic nitrogens is 3. The Bertz CT molecular complexity index is 548. The molecule has 1 aromatic carbocycles. The molecule has 2 aromatic rings. The van der Waals surface area contributed by atoms with E-state index in [-0.39, 0.29) is 5.82 Å². The Balaban J connectivity index is 2.10. The molecule has 0 fully saturated rings. The molecule has 0 aliphatic carbocycles. The highest BCUT2D eigenvalue weighted by Gasteiger charge is 2.22. The first kappa shape index (κ1) is 13.7. The van der Waals surface area contributed by atoms with E-state index in [2.05, 4.69) is 10.1 Å².